The lowest BCUT2D eigenvalue weighted by Gasteiger charge is -2.28. The highest BCUT2D eigenvalue weighted by atomic mass is 19.4. The van der Waals surface area contributed by atoms with E-state index in [2.05, 4.69) is 10.6 Å². The van der Waals surface area contributed by atoms with Gasteiger partial charge in [0.15, 0.2) is 0 Å². The first-order valence-electron chi connectivity index (χ1n) is 11.9. The number of carbonyl (C=O) groups is 4. The van der Waals surface area contributed by atoms with Crippen molar-refractivity contribution < 1.29 is 32.3 Å². The van der Waals surface area contributed by atoms with Gasteiger partial charge in [-0.05, 0) is 41.7 Å². The second-order valence-electron chi connectivity index (χ2n) is 9.96. The van der Waals surface area contributed by atoms with E-state index < -0.39 is 41.5 Å². The summed E-state index contributed by atoms with van der Waals surface area (Å²) in [4.78, 5) is 52.7. The summed E-state index contributed by atoms with van der Waals surface area (Å²) >= 11 is 0. The van der Waals surface area contributed by atoms with Crippen molar-refractivity contribution in [1.82, 2.24) is 15.1 Å². The molecule has 5 amide bonds. The van der Waals surface area contributed by atoms with Gasteiger partial charge < -0.3 is 15.1 Å². The molecule has 8 nitrogen and oxygen atoms in total. The van der Waals surface area contributed by atoms with E-state index in [0.717, 1.165) is 16.0 Å². The Balaban J connectivity index is 1.32. The quantitative estimate of drug-likeness (QED) is 0.579. The van der Waals surface area contributed by atoms with Crippen molar-refractivity contribution in [2.45, 2.75) is 43.9 Å². The summed E-state index contributed by atoms with van der Waals surface area (Å²) in [5.74, 6) is -2.12. The Labute approximate surface area is 210 Å². The zero-order valence-electron chi connectivity index (χ0n) is 20.0. The van der Waals surface area contributed by atoms with Gasteiger partial charge in [0.05, 0.1) is 0 Å². The average Bonchev–Trinajstić information content (AvgIpc) is 3.54. The van der Waals surface area contributed by atoms with Crippen molar-refractivity contribution in [1.29, 1.82) is 0 Å². The van der Waals surface area contributed by atoms with Crippen molar-refractivity contribution in [3.05, 3.63) is 65.2 Å². The molecule has 0 aromatic heterocycles. The first-order chi connectivity index (χ1) is 17.4. The van der Waals surface area contributed by atoms with Crippen LogP contribution in [0, 0.1) is 5.41 Å². The van der Waals surface area contributed by atoms with Crippen LogP contribution in [0.1, 0.15) is 29.5 Å². The number of anilines is 1. The highest BCUT2D eigenvalue weighted by molar-refractivity contribution is 6.07. The first kappa shape index (κ1) is 24.8. The predicted octanol–water partition coefficient (Wildman–Crippen LogP) is 3.02. The van der Waals surface area contributed by atoms with Crippen molar-refractivity contribution in [3.63, 3.8) is 0 Å². The number of rotatable bonds is 6. The third kappa shape index (κ3) is 4.21. The molecular weight excluding hydrogens is 489 g/mol. The van der Waals surface area contributed by atoms with E-state index in [1.807, 2.05) is 0 Å². The van der Waals surface area contributed by atoms with Gasteiger partial charge in [0.1, 0.15) is 17.5 Å². The molecule has 0 unspecified atom stereocenters. The van der Waals surface area contributed by atoms with Crippen LogP contribution in [0.15, 0.2) is 48.5 Å². The van der Waals surface area contributed by atoms with Gasteiger partial charge in [0.2, 0.25) is 11.8 Å². The van der Waals surface area contributed by atoms with Crippen LogP contribution >= 0.6 is 0 Å². The number of likely N-dealkylation sites (N-methyl/N-ethyl adjacent to an activating group) is 1. The standard InChI is InChI=1S/C26H25F3N4O4/c1-32-23(37)31-21(35)25(32)12-17-7-8-19(11-18(17)13-25)30-20(34)15-33(14-16-5-3-2-4-6-16)22(36)24(9-10-24)26(27,28)29/h2-8,11H,9-10,12-15H2,1H3,(H,30,34)(H,31,35,37)/t25-/m0/s1. The fourth-order valence-corrected chi connectivity index (χ4v) is 5.20. The lowest BCUT2D eigenvalue weighted by atomic mass is 9.95. The Kier molecular flexibility index (Phi) is 5.76. The average molecular weight is 515 g/mol. The smallest absolute Gasteiger partial charge is 0.328 e. The maximum atomic E-state index is 13.7. The summed E-state index contributed by atoms with van der Waals surface area (Å²) in [5, 5.41) is 4.99. The number of amides is 5. The molecule has 2 fully saturated rings. The number of nitrogens with zero attached hydrogens (tertiary/aromatic N) is 2. The lowest BCUT2D eigenvalue weighted by Crippen LogP contribution is -2.48. The van der Waals surface area contributed by atoms with Crippen LogP contribution in [0.3, 0.4) is 0 Å². The molecule has 0 bridgehead atoms. The van der Waals surface area contributed by atoms with E-state index in [-0.39, 0.29) is 31.7 Å². The first-order valence-corrected chi connectivity index (χ1v) is 11.9. The highest BCUT2D eigenvalue weighted by Gasteiger charge is 2.69. The minimum Gasteiger partial charge on any atom is -0.328 e. The lowest BCUT2D eigenvalue weighted by molar-refractivity contribution is -0.199. The summed E-state index contributed by atoms with van der Waals surface area (Å²) in [7, 11) is 1.56. The number of nitrogens with one attached hydrogen (secondary N) is 2. The van der Waals surface area contributed by atoms with Crippen LogP contribution in [0.4, 0.5) is 23.7 Å². The van der Waals surface area contributed by atoms with Crippen LogP contribution < -0.4 is 10.6 Å². The van der Waals surface area contributed by atoms with Crippen LogP contribution in [0.25, 0.3) is 0 Å². The van der Waals surface area contributed by atoms with E-state index >= 15 is 0 Å². The molecule has 0 radical (unpaired) electrons. The Hall–Kier alpha value is -3.89. The molecule has 1 saturated heterocycles. The second-order valence-corrected chi connectivity index (χ2v) is 9.96. The van der Waals surface area contributed by atoms with Crippen LogP contribution in [-0.2, 0) is 33.8 Å². The molecule has 194 valence electrons. The zero-order chi connectivity index (χ0) is 26.6. The molecule has 11 heteroatoms. The number of benzene rings is 2. The molecule has 3 aliphatic rings. The zero-order valence-corrected chi connectivity index (χ0v) is 20.0. The Morgan fingerprint density at radius 3 is 2.32 bits per heavy atom. The molecule has 2 aromatic rings. The molecule has 1 atom stereocenters. The minimum absolute atomic E-state index is 0.132. The van der Waals surface area contributed by atoms with Crippen LogP contribution in [-0.4, -0.2) is 58.9 Å². The number of hydrogen-bond donors (Lipinski definition) is 2. The van der Waals surface area contributed by atoms with Gasteiger partial charge in [-0.25, -0.2) is 4.79 Å². The number of hydrogen-bond acceptors (Lipinski definition) is 4. The topological polar surface area (TPSA) is 98.8 Å². The maximum absolute atomic E-state index is 13.7. The number of fused-ring (bicyclic) bond motifs is 1. The number of imide groups is 1. The SMILES string of the molecule is CN1C(=O)NC(=O)[C@@]12Cc1ccc(NC(=O)CN(Cc3ccccc3)C(=O)C3(C(F)(F)F)CC3)cc1C2. The summed E-state index contributed by atoms with van der Waals surface area (Å²) < 4.78 is 41.0. The normalized spacial score (nSPS) is 21.6. The van der Waals surface area contributed by atoms with E-state index in [1.165, 1.54) is 4.90 Å². The predicted molar refractivity (Wildman–Crippen MR) is 126 cm³/mol. The fraction of sp³-hybridized carbons (Fsp3) is 0.385. The monoisotopic (exact) mass is 514 g/mol. The maximum Gasteiger partial charge on any atom is 0.403 e. The molecule has 1 aliphatic heterocycles. The summed E-state index contributed by atoms with van der Waals surface area (Å²) in [6.07, 6.45) is -4.67. The van der Waals surface area contributed by atoms with Gasteiger partial charge in [-0.1, -0.05) is 36.4 Å². The van der Waals surface area contributed by atoms with Crippen molar-refractivity contribution >= 4 is 29.4 Å². The van der Waals surface area contributed by atoms with E-state index in [4.69, 9.17) is 0 Å². The van der Waals surface area contributed by atoms with E-state index in [0.29, 0.717) is 17.7 Å². The number of urea groups is 1. The van der Waals surface area contributed by atoms with Gasteiger partial charge in [-0.2, -0.15) is 13.2 Å². The summed E-state index contributed by atoms with van der Waals surface area (Å²) in [5.41, 5.74) is -0.820. The number of halogens is 3. The highest BCUT2D eigenvalue weighted by Crippen LogP contribution is 2.58. The van der Waals surface area contributed by atoms with Gasteiger partial charge in [0.25, 0.3) is 5.91 Å². The number of carbonyl (C=O) groups excluding carboxylic acids is 4. The molecule has 1 saturated carbocycles. The third-order valence-corrected chi connectivity index (χ3v) is 7.59. The van der Waals surface area contributed by atoms with Crippen molar-refractivity contribution in [3.8, 4) is 0 Å². The molecule has 2 aromatic carbocycles. The summed E-state index contributed by atoms with van der Waals surface area (Å²) in [6, 6.07) is 13.1. The molecule has 1 heterocycles. The summed E-state index contributed by atoms with van der Waals surface area (Å²) in [6.45, 7) is -0.681. The molecule has 37 heavy (non-hydrogen) atoms. The van der Waals surface area contributed by atoms with Gasteiger partial charge >= 0.3 is 12.2 Å². The third-order valence-electron chi connectivity index (χ3n) is 7.59. The Morgan fingerprint density at radius 2 is 1.73 bits per heavy atom. The van der Waals surface area contributed by atoms with Crippen LogP contribution in [0.2, 0.25) is 0 Å². The van der Waals surface area contributed by atoms with Crippen molar-refractivity contribution in [2.75, 3.05) is 18.9 Å². The molecule has 2 aliphatic carbocycles. The largest absolute Gasteiger partial charge is 0.403 e. The van der Waals surface area contributed by atoms with Crippen molar-refractivity contribution in [2.24, 2.45) is 5.41 Å². The van der Waals surface area contributed by atoms with E-state index in [1.54, 1.807) is 55.6 Å². The Morgan fingerprint density at radius 1 is 1.05 bits per heavy atom. The van der Waals surface area contributed by atoms with Crippen LogP contribution in [0.5, 0.6) is 0 Å². The Bertz CT molecular complexity index is 1290. The fourth-order valence-electron chi connectivity index (χ4n) is 5.20. The second kappa shape index (κ2) is 8.60. The van der Waals surface area contributed by atoms with Gasteiger partial charge in [-0.3, -0.25) is 19.7 Å². The molecular formula is C26H25F3N4O4. The van der Waals surface area contributed by atoms with Gasteiger partial charge in [0, 0.05) is 32.1 Å². The van der Waals surface area contributed by atoms with Gasteiger partial charge in [-0.15, -0.1) is 0 Å². The van der Waals surface area contributed by atoms with E-state index in [9.17, 15) is 32.3 Å². The molecule has 2 N–H and O–H groups in total. The molecule has 5 rings (SSSR count). The minimum atomic E-state index is -4.69. The molecule has 1 spiro atoms. The number of alkyl halides is 3.